The van der Waals surface area contributed by atoms with E-state index >= 15 is 0 Å². The third kappa shape index (κ3) is 3.57. The van der Waals surface area contributed by atoms with Crippen molar-refractivity contribution >= 4 is 28.5 Å². The molecular formula is C21H22F2N4O. The van der Waals surface area contributed by atoms with Gasteiger partial charge in [-0.1, -0.05) is 0 Å². The molecule has 3 N–H and O–H groups in total. The number of aromatic amines is 1. The summed E-state index contributed by atoms with van der Waals surface area (Å²) in [6.45, 7) is 5.64. The van der Waals surface area contributed by atoms with E-state index in [-0.39, 0.29) is 23.8 Å². The molecule has 0 amide bonds. The Morgan fingerprint density at radius 1 is 1.11 bits per heavy atom. The molecule has 5 nitrogen and oxygen atoms in total. The van der Waals surface area contributed by atoms with Crippen molar-refractivity contribution in [2.75, 3.05) is 18.0 Å². The molecule has 4 rings (SSSR count). The van der Waals surface area contributed by atoms with Gasteiger partial charge < -0.3 is 20.3 Å². The van der Waals surface area contributed by atoms with Crippen LogP contribution in [-0.2, 0) is 0 Å². The zero-order chi connectivity index (χ0) is 19.8. The molecular weight excluding hydrogens is 362 g/mol. The van der Waals surface area contributed by atoms with Gasteiger partial charge in [-0.05, 0) is 44.2 Å². The summed E-state index contributed by atoms with van der Waals surface area (Å²) in [5.74, 6) is -0.835. The van der Waals surface area contributed by atoms with Gasteiger partial charge in [-0.15, -0.1) is 0 Å². The number of nitrogens with zero attached hydrogens (tertiary/aromatic N) is 2. The summed E-state index contributed by atoms with van der Waals surface area (Å²) in [6.07, 6.45) is 1.45. The van der Waals surface area contributed by atoms with E-state index in [9.17, 15) is 13.9 Å². The summed E-state index contributed by atoms with van der Waals surface area (Å²) >= 11 is 0. The molecule has 1 aromatic heterocycles. The number of nitrogens with one attached hydrogen (secondary N) is 2. The highest BCUT2D eigenvalue weighted by Gasteiger charge is 2.23. The normalized spacial score (nSPS) is 20.4. The second-order valence-corrected chi connectivity index (χ2v) is 7.34. The summed E-state index contributed by atoms with van der Waals surface area (Å²) in [5.41, 5.74) is 1.91. The van der Waals surface area contributed by atoms with E-state index in [1.807, 2.05) is 4.90 Å². The molecule has 0 spiro atoms. The average Bonchev–Trinajstić information content (AvgIpc) is 2.93. The Kier molecular flexibility index (Phi) is 4.77. The maximum Gasteiger partial charge on any atom is 0.198 e. The molecule has 1 fully saturated rings. The Bertz CT molecular complexity index is 1040. The molecule has 2 aromatic carbocycles. The first-order valence-corrected chi connectivity index (χ1v) is 9.25. The van der Waals surface area contributed by atoms with E-state index in [2.05, 4.69) is 29.1 Å². The first-order valence-electron chi connectivity index (χ1n) is 9.25. The van der Waals surface area contributed by atoms with Gasteiger partial charge in [0, 0.05) is 42.8 Å². The van der Waals surface area contributed by atoms with E-state index in [0.717, 1.165) is 13.1 Å². The molecule has 7 heteroatoms. The number of aromatic hydroxyl groups is 1. The number of piperazine rings is 1. The predicted octanol–water partition coefficient (Wildman–Crippen LogP) is 4.09. The van der Waals surface area contributed by atoms with E-state index in [0.29, 0.717) is 27.8 Å². The van der Waals surface area contributed by atoms with Crippen LogP contribution in [0, 0.1) is 11.6 Å². The van der Waals surface area contributed by atoms with Crippen molar-refractivity contribution < 1.29 is 13.9 Å². The number of hydrogen-bond acceptors (Lipinski definition) is 4. The van der Waals surface area contributed by atoms with Gasteiger partial charge in [0.2, 0.25) is 0 Å². The lowest BCUT2D eigenvalue weighted by Gasteiger charge is -2.37. The topological polar surface area (TPSA) is 63.6 Å². The first-order chi connectivity index (χ1) is 13.4. The highest BCUT2D eigenvalue weighted by atomic mass is 19.1. The molecule has 146 valence electrons. The number of fused-ring (bicyclic) bond motifs is 1. The molecule has 2 heterocycles. The molecule has 1 aliphatic rings. The average molecular weight is 384 g/mol. The highest BCUT2D eigenvalue weighted by Crippen LogP contribution is 2.29. The maximum atomic E-state index is 14.7. The molecule has 1 saturated heterocycles. The Morgan fingerprint density at radius 2 is 1.86 bits per heavy atom. The molecule has 2 unspecified atom stereocenters. The van der Waals surface area contributed by atoms with Crippen LogP contribution in [0.25, 0.3) is 10.9 Å². The standard InChI is InChI=1S/C21H22F2N4O/c1-12-10-27(11-13(2)25-12)20-6-4-15(8-18(20)23)24-9-17-16-5-3-14(22)7-19(16)26-21(17)28/h3-9,12-13,25-26,28H,10-11H2,1-2H3. The second-order valence-electron chi connectivity index (χ2n) is 7.34. The van der Waals surface area contributed by atoms with Gasteiger partial charge in [-0.3, -0.25) is 4.99 Å². The molecule has 3 aromatic rings. The van der Waals surface area contributed by atoms with Crippen LogP contribution in [-0.4, -0.2) is 41.5 Å². The van der Waals surface area contributed by atoms with E-state index in [4.69, 9.17) is 0 Å². The van der Waals surface area contributed by atoms with Gasteiger partial charge in [-0.2, -0.15) is 0 Å². The number of halogens is 2. The molecule has 0 aliphatic carbocycles. The molecule has 28 heavy (non-hydrogen) atoms. The maximum absolute atomic E-state index is 14.7. The Labute approximate surface area is 161 Å². The Balaban J connectivity index is 1.59. The number of H-pyrrole nitrogens is 1. The van der Waals surface area contributed by atoms with Gasteiger partial charge in [0.25, 0.3) is 0 Å². The van der Waals surface area contributed by atoms with Crippen LogP contribution >= 0.6 is 0 Å². The van der Waals surface area contributed by atoms with E-state index in [1.165, 1.54) is 24.4 Å². The van der Waals surface area contributed by atoms with Crippen LogP contribution in [0.1, 0.15) is 19.4 Å². The summed E-state index contributed by atoms with van der Waals surface area (Å²) in [4.78, 5) is 9.04. The minimum Gasteiger partial charge on any atom is -0.494 e. The largest absolute Gasteiger partial charge is 0.494 e. The van der Waals surface area contributed by atoms with Crippen molar-refractivity contribution in [2.45, 2.75) is 25.9 Å². The summed E-state index contributed by atoms with van der Waals surface area (Å²) in [7, 11) is 0. The third-order valence-electron chi connectivity index (χ3n) is 4.95. The summed E-state index contributed by atoms with van der Waals surface area (Å²) in [5, 5.41) is 14.1. The zero-order valence-corrected chi connectivity index (χ0v) is 15.7. The van der Waals surface area contributed by atoms with Crippen LogP contribution in [0.5, 0.6) is 5.88 Å². The van der Waals surface area contributed by atoms with Crippen molar-refractivity contribution in [3.63, 3.8) is 0 Å². The van der Waals surface area contributed by atoms with Gasteiger partial charge in [0.15, 0.2) is 5.88 Å². The number of rotatable bonds is 3. The van der Waals surface area contributed by atoms with Crippen LogP contribution in [0.4, 0.5) is 20.2 Å². The number of benzene rings is 2. The predicted molar refractivity (Wildman–Crippen MR) is 108 cm³/mol. The van der Waals surface area contributed by atoms with Crippen molar-refractivity contribution in [3.8, 4) is 5.88 Å². The van der Waals surface area contributed by atoms with Crippen LogP contribution in [0.2, 0.25) is 0 Å². The van der Waals surface area contributed by atoms with Crippen molar-refractivity contribution in [3.05, 3.63) is 53.6 Å². The lowest BCUT2D eigenvalue weighted by Crippen LogP contribution is -2.54. The van der Waals surface area contributed by atoms with Crippen LogP contribution in [0.3, 0.4) is 0 Å². The Morgan fingerprint density at radius 3 is 2.57 bits per heavy atom. The van der Waals surface area contributed by atoms with Crippen molar-refractivity contribution in [2.24, 2.45) is 4.99 Å². The van der Waals surface area contributed by atoms with Crippen molar-refractivity contribution in [1.29, 1.82) is 0 Å². The van der Waals surface area contributed by atoms with Gasteiger partial charge in [0.05, 0.1) is 22.5 Å². The molecule has 1 aliphatic heterocycles. The van der Waals surface area contributed by atoms with Crippen LogP contribution < -0.4 is 10.2 Å². The summed E-state index contributed by atoms with van der Waals surface area (Å²) < 4.78 is 28.0. The number of aliphatic imine (C=N–C) groups is 1. The van der Waals surface area contributed by atoms with Gasteiger partial charge in [0.1, 0.15) is 11.6 Å². The molecule has 0 saturated carbocycles. The Hall–Kier alpha value is -2.93. The fraction of sp³-hybridized carbons (Fsp3) is 0.286. The lowest BCUT2D eigenvalue weighted by atomic mass is 10.1. The second kappa shape index (κ2) is 7.24. The fourth-order valence-corrected chi connectivity index (χ4v) is 3.80. The third-order valence-corrected chi connectivity index (χ3v) is 4.95. The van der Waals surface area contributed by atoms with E-state index in [1.54, 1.807) is 18.2 Å². The van der Waals surface area contributed by atoms with Crippen molar-refractivity contribution in [1.82, 2.24) is 10.3 Å². The highest BCUT2D eigenvalue weighted by molar-refractivity contribution is 6.02. The molecule has 0 bridgehead atoms. The SMILES string of the molecule is CC1CN(c2ccc(N=Cc3c(O)[nH]c4cc(F)ccc34)cc2F)CC(C)N1. The van der Waals surface area contributed by atoms with Crippen LogP contribution in [0.15, 0.2) is 41.4 Å². The van der Waals surface area contributed by atoms with Gasteiger partial charge >= 0.3 is 0 Å². The summed E-state index contributed by atoms with van der Waals surface area (Å²) in [6, 6.07) is 9.63. The minimum atomic E-state index is -0.397. The number of anilines is 1. The molecule has 2 atom stereocenters. The van der Waals surface area contributed by atoms with Gasteiger partial charge in [-0.25, -0.2) is 8.78 Å². The number of aromatic nitrogens is 1. The zero-order valence-electron chi connectivity index (χ0n) is 15.7. The molecule has 0 radical (unpaired) electrons. The quantitative estimate of drug-likeness (QED) is 0.596. The number of hydrogen-bond donors (Lipinski definition) is 3. The minimum absolute atomic E-state index is 0.106. The van der Waals surface area contributed by atoms with E-state index < -0.39 is 5.82 Å². The lowest BCUT2D eigenvalue weighted by molar-refractivity contribution is 0.404. The monoisotopic (exact) mass is 384 g/mol. The fourth-order valence-electron chi connectivity index (χ4n) is 3.80. The first kappa shape index (κ1) is 18.4. The smallest absolute Gasteiger partial charge is 0.198 e.